The van der Waals surface area contributed by atoms with E-state index in [1.807, 2.05) is 45.0 Å². The Bertz CT molecular complexity index is 519. The van der Waals surface area contributed by atoms with E-state index in [9.17, 15) is 5.11 Å². The predicted molar refractivity (Wildman–Crippen MR) is 65.6 cm³/mol. The lowest BCUT2D eigenvalue weighted by Crippen LogP contribution is -2.11. The van der Waals surface area contributed by atoms with E-state index in [1.54, 1.807) is 4.68 Å². The van der Waals surface area contributed by atoms with Crippen molar-refractivity contribution in [3.63, 3.8) is 0 Å². The molecule has 1 aromatic heterocycles. The minimum absolute atomic E-state index is 0.441. The van der Waals surface area contributed by atoms with Crippen LogP contribution in [0.25, 0.3) is 0 Å². The van der Waals surface area contributed by atoms with Gasteiger partial charge in [0.05, 0.1) is 12.6 Å². The molecule has 0 amide bonds. The maximum absolute atomic E-state index is 10.1. The fraction of sp³-hybridized carbons (Fsp3) is 0.385. The van der Waals surface area contributed by atoms with Crippen LogP contribution in [0.15, 0.2) is 24.3 Å². The van der Waals surface area contributed by atoms with Crippen LogP contribution in [0, 0.1) is 20.8 Å². The van der Waals surface area contributed by atoms with Crippen molar-refractivity contribution in [2.24, 2.45) is 0 Å². The minimum atomic E-state index is -0.547. The van der Waals surface area contributed by atoms with Gasteiger partial charge in [0.25, 0.3) is 0 Å². The van der Waals surface area contributed by atoms with Gasteiger partial charge >= 0.3 is 0 Å². The third-order valence-corrected chi connectivity index (χ3v) is 2.74. The Labute approximate surface area is 101 Å². The number of aliphatic hydroxyl groups is 1. The summed E-state index contributed by atoms with van der Waals surface area (Å²) in [5.41, 5.74) is 2.06. The number of hydrogen-bond donors (Lipinski definition) is 1. The quantitative estimate of drug-likeness (QED) is 0.878. The number of aryl methyl sites for hydroxylation is 3. The predicted octanol–water partition coefficient (Wildman–Crippen LogP) is 1.94. The van der Waals surface area contributed by atoms with E-state index in [-0.39, 0.29) is 0 Å². The highest BCUT2D eigenvalue weighted by Crippen LogP contribution is 2.16. The Kier molecular flexibility index (Phi) is 3.24. The van der Waals surface area contributed by atoms with Crippen molar-refractivity contribution in [2.75, 3.05) is 0 Å². The number of aromatic nitrogens is 3. The molecule has 1 N–H and O–H groups in total. The lowest BCUT2D eigenvalue weighted by molar-refractivity contribution is 0.150. The number of benzene rings is 1. The van der Waals surface area contributed by atoms with Crippen LogP contribution in [0.3, 0.4) is 0 Å². The highest BCUT2D eigenvalue weighted by molar-refractivity contribution is 5.23. The number of hydrogen-bond acceptors (Lipinski definition) is 3. The molecular formula is C13H17N3O. The van der Waals surface area contributed by atoms with E-state index in [1.165, 1.54) is 0 Å². The molecular weight excluding hydrogens is 214 g/mol. The Morgan fingerprint density at radius 1 is 1.29 bits per heavy atom. The van der Waals surface area contributed by atoms with E-state index in [4.69, 9.17) is 0 Å². The first-order valence-electron chi connectivity index (χ1n) is 5.69. The van der Waals surface area contributed by atoms with Gasteiger partial charge in [-0.3, -0.25) is 0 Å². The van der Waals surface area contributed by atoms with Crippen LogP contribution in [0.2, 0.25) is 0 Å². The molecule has 17 heavy (non-hydrogen) atoms. The van der Waals surface area contributed by atoms with E-state index < -0.39 is 6.10 Å². The molecule has 0 radical (unpaired) electrons. The molecule has 4 heteroatoms. The van der Waals surface area contributed by atoms with Gasteiger partial charge in [0, 0.05) is 0 Å². The monoisotopic (exact) mass is 231 g/mol. The maximum atomic E-state index is 10.1. The number of rotatable bonds is 3. The fourth-order valence-electron chi connectivity index (χ4n) is 1.88. The summed E-state index contributed by atoms with van der Waals surface area (Å²) in [5, 5.41) is 14.4. The summed E-state index contributed by atoms with van der Waals surface area (Å²) in [5.74, 6) is 1.56. The number of aliphatic hydroxyl groups excluding tert-OH is 1. The van der Waals surface area contributed by atoms with Crippen LogP contribution in [-0.2, 0) is 6.54 Å². The Hall–Kier alpha value is -1.68. The van der Waals surface area contributed by atoms with Crippen molar-refractivity contribution < 1.29 is 5.11 Å². The van der Waals surface area contributed by atoms with Crippen molar-refractivity contribution in [3.05, 3.63) is 47.0 Å². The molecule has 2 aromatic rings. The van der Waals surface area contributed by atoms with Crippen LogP contribution in [0.4, 0.5) is 0 Å². The maximum Gasteiger partial charge on any atom is 0.147 e. The zero-order valence-corrected chi connectivity index (χ0v) is 10.4. The first-order valence-corrected chi connectivity index (χ1v) is 5.69. The molecule has 2 rings (SSSR count). The third kappa shape index (κ3) is 2.71. The minimum Gasteiger partial charge on any atom is -0.386 e. The summed E-state index contributed by atoms with van der Waals surface area (Å²) in [6.07, 6.45) is -0.547. The van der Waals surface area contributed by atoms with Gasteiger partial charge in [-0.1, -0.05) is 29.8 Å². The van der Waals surface area contributed by atoms with E-state index in [0.717, 1.165) is 22.8 Å². The lowest BCUT2D eigenvalue weighted by Gasteiger charge is -2.12. The van der Waals surface area contributed by atoms with Gasteiger partial charge in [-0.2, -0.15) is 5.10 Å². The zero-order chi connectivity index (χ0) is 12.4. The summed E-state index contributed by atoms with van der Waals surface area (Å²) in [6.45, 7) is 6.20. The molecule has 1 aromatic carbocycles. The third-order valence-electron chi connectivity index (χ3n) is 2.74. The van der Waals surface area contributed by atoms with Crippen molar-refractivity contribution in [2.45, 2.75) is 33.4 Å². The van der Waals surface area contributed by atoms with Gasteiger partial charge < -0.3 is 5.11 Å². The summed E-state index contributed by atoms with van der Waals surface area (Å²) < 4.78 is 1.74. The summed E-state index contributed by atoms with van der Waals surface area (Å²) in [4.78, 5) is 4.22. The van der Waals surface area contributed by atoms with Gasteiger partial charge in [-0.25, -0.2) is 9.67 Å². The Morgan fingerprint density at radius 2 is 2.06 bits per heavy atom. The normalized spacial score (nSPS) is 12.7. The first-order chi connectivity index (χ1) is 8.06. The molecule has 90 valence electrons. The molecule has 1 atom stereocenters. The van der Waals surface area contributed by atoms with Gasteiger partial charge in [-0.15, -0.1) is 0 Å². The zero-order valence-electron chi connectivity index (χ0n) is 10.4. The standard InChI is InChI=1S/C13H17N3O/c1-9-5-4-6-12(7-9)13(17)8-16-11(3)14-10(2)15-16/h4-7,13,17H,8H2,1-3H3. The van der Waals surface area contributed by atoms with E-state index in [2.05, 4.69) is 10.1 Å². The molecule has 0 saturated carbocycles. The molecule has 0 spiro atoms. The molecule has 0 aliphatic rings. The van der Waals surface area contributed by atoms with Crippen LogP contribution in [0.1, 0.15) is 28.9 Å². The Morgan fingerprint density at radius 3 is 2.65 bits per heavy atom. The molecule has 0 fully saturated rings. The second-order valence-electron chi connectivity index (χ2n) is 4.32. The van der Waals surface area contributed by atoms with Crippen molar-refractivity contribution in [3.8, 4) is 0 Å². The van der Waals surface area contributed by atoms with Gasteiger partial charge in [-0.05, 0) is 26.3 Å². The summed E-state index contributed by atoms with van der Waals surface area (Å²) in [6, 6.07) is 7.88. The highest BCUT2D eigenvalue weighted by atomic mass is 16.3. The molecule has 4 nitrogen and oxygen atoms in total. The van der Waals surface area contributed by atoms with Gasteiger partial charge in [0.15, 0.2) is 0 Å². The fourth-order valence-corrected chi connectivity index (χ4v) is 1.88. The number of nitrogens with zero attached hydrogens (tertiary/aromatic N) is 3. The molecule has 0 saturated heterocycles. The molecule has 1 heterocycles. The second-order valence-corrected chi connectivity index (χ2v) is 4.32. The Balaban J connectivity index is 2.16. The van der Waals surface area contributed by atoms with Crippen LogP contribution in [-0.4, -0.2) is 19.9 Å². The summed E-state index contributed by atoms with van der Waals surface area (Å²) in [7, 11) is 0. The average Bonchev–Trinajstić information content (AvgIpc) is 2.57. The van der Waals surface area contributed by atoms with Gasteiger partial charge in [0.2, 0.25) is 0 Å². The molecule has 0 aliphatic heterocycles. The van der Waals surface area contributed by atoms with E-state index >= 15 is 0 Å². The highest BCUT2D eigenvalue weighted by Gasteiger charge is 2.11. The van der Waals surface area contributed by atoms with Crippen LogP contribution in [0.5, 0.6) is 0 Å². The lowest BCUT2D eigenvalue weighted by atomic mass is 10.1. The topological polar surface area (TPSA) is 50.9 Å². The van der Waals surface area contributed by atoms with Crippen molar-refractivity contribution >= 4 is 0 Å². The first kappa shape index (κ1) is 11.8. The van der Waals surface area contributed by atoms with Gasteiger partial charge in [0.1, 0.15) is 11.6 Å². The van der Waals surface area contributed by atoms with Crippen LogP contribution >= 0.6 is 0 Å². The summed E-state index contributed by atoms with van der Waals surface area (Å²) >= 11 is 0. The van der Waals surface area contributed by atoms with Crippen molar-refractivity contribution in [1.82, 2.24) is 14.8 Å². The van der Waals surface area contributed by atoms with E-state index in [0.29, 0.717) is 6.54 Å². The molecule has 1 unspecified atom stereocenters. The van der Waals surface area contributed by atoms with Crippen molar-refractivity contribution in [1.29, 1.82) is 0 Å². The van der Waals surface area contributed by atoms with Crippen LogP contribution < -0.4 is 0 Å². The molecule has 0 bridgehead atoms. The largest absolute Gasteiger partial charge is 0.386 e. The SMILES string of the molecule is Cc1cccc(C(O)Cn2nc(C)nc2C)c1. The smallest absolute Gasteiger partial charge is 0.147 e. The average molecular weight is 231 g/mol. The molecule has 0 aliphatic carbocycles. The second kappa shape index (κ2) is 4.67.